The van der Waals surface area contributed by atoms with E-state index < -0.39 is 0 Å². The zero-order valence-corrected chi connectivity index (χ0v) is 11.8. The van der Waals surface area contributed by atoms with Gasteiger partial charge in [0.15, 0.2) is 5.82 Å². The van der Waals surface area contributed by atoms with Crippen LogP contribution in [0.4, 0.5) is 5.69 Å². The topological polar surface area (TPSA) is 74.2 Å². The Morgan fingerprint density at radius 2 is 2.05 bits per heavy atom. The van der Waals surface area contributed by atoms with E-state index in [1.54, 1.807) is 7.11 Å². The van der Waals surface area contributed by atoms with Crippen LogP contribution >= 0.6 is 0 Å². The first-order chi connectivity index (χ1) is 9.64. The summed E-state index contributed by atoms with van der Waals surface area (Å²) in [7, 11) is 1.68. The smallest absolute Gasteiger partial charge is 0.237 e. The van der Waals surface area contributed by atoms with Crippen molar-refractivity contribution in [3.05, 3.63) is 41.5 Å². The van der Waals surface area contributed by atoms with Crippen molar-refractivity contribution in [2.75, 3.05) is 12.8 Å². The second kappa shape index (κ2) is 4.90. The summed E-state index contributed by atoms with van der Waals surface area (Å²) in [6.07, 6.45) is 2.83. The molecule has 1 unspecified atom stereocenters. The van der Waals surface area contributed by atoms with Crippen molar-refractivity contribution in [1.29, 1.82) is 0 Å². The van der Waals surface area contributed by atoms with Gasteiger partial charge < -0.3 is 15.0 Å². The molecule has 1 atom stereocenters. The minimum atomic E-state index is -0.102. The number of ether oxygens (including phenoxy) is 1. The zero-order chi connectivity index (χ0) is 14.2. The van der Waals surface area contributed by atoms with E-state index in [2.05, 4.69) is 10.1 Å². The molecule has 2 aromatic rings. The van der Waals surface area contributed by atoms with Gasteiger partial charge in [-0.05, 0) is 37.5 Å². The average Bonchev–Trinajstić information content (AvgIpc) is 3.13. The van der Waals surface area contributed by atoms with Gasteiger partial charge in [-0.1, -0.05) is 17.3 Å². The number of nitrogens with two attached hydrogens (primary N) is 1. The van der Waals surface area contributed by atoms with Gasteiger partial charge in [-0.25, -0.2) is 0 Å². The zero-order valence-electron chi connectivity index (χ0n) is 11.8. The van der Waals surface area contributed by atoms with Crippen molar-refractivity contribution in [3.63, 3.8) is 0 Å². The normalized spacial score (nSPS) is 17.9. The molecule has 0 saturated heterocycles. The number of benzene rings is 1. The molecule has 5 heteroatoms. The highest BCUT2D eigenvalue weighted by Crippen LogP contribution is 2.52. The maximum Gasteiger partial charge on any atom is 0.237 e. The monoisotopic (exact) mass is 273 g/mol. The Labute approximate surface area is 118 Å². The molecule has 0 spiro atoms. The molecular weight excluding hydrogens is 254 g/mol. The lowest BCUT2D eigenvalue weighted by Gasteiger charge is -2.10. The molecule has 1 aliphatic carbocycles. The van der Waals surface area contributed by atoms with E-state index in [-0.39, 0.29) is 11.5 Å². The largest absolute Gasteiger partial charge is 0.399 e. The molecule has 1 fully saturated rings. The summed E-state index contributed by atoms with van der Waals surface area (Å²) < 4.78 is 10.7. The molecule has 1 aliphatic rings. The predicted octanol–water partition coefficient (Wildman–Crippen LogP) is 2.31. The molecule has 5 nitrogen and oxygen atoms in total. The standard InChI is InChI=1S/C15H19N3O2/c1-10(19-2)9-13-17-14(20-18-13)15(7-8-15)11-3-5-12(16)6-4-11/h3-6,10H,7-9,16H2,1-2H3. The van der Waals surface area contributed by atoms with Crippen LogP contribution in [0, 0.1) is 0 Å². The van der Waals surface area contributed by atoms with Gasteiger partial charge in [0, 0.05) is 19.2 Å². The number of nitrogen functional groups attached to an aromatic ring is 1. The van der Waals surface area contributed by atoms with Gasteiger partial charge >= 0.3 is 0 Å². The van der Waals surface area contributed by atoms with Crippen LogP contribution in [-0.4, -0.2) is 23.4 Å². The first-order valence-electron chi connectivity index (χ1n) is 6.86. The lowest BCUT2D eigenvalue weighted by atomic mass is 9.96. The second-order valence-corrected chi connectivity index (χ2v) is 5.47. The predicted molar refractivity (Wildman–Crippen MR) is 75.3 cm³/mol. The van der Waals surface area contributed by atoms with Crippen LogP contribution in [0.3, 0.4) is 0 Å². The van der Waals surface area contributed by atoms with Crippen molar-refractivity contribution >= 4 is 5.69 Å². The van der Waals surface area contributed by atoms with Crippen molar-refractivity contribution in [2.24, 2.45) is 0 Å². The van der Waals surface area contributed by atoms with Crippen LogP contribution in [0.5, 0.6) is 0 Å². The van der Waals surface area contributed by atoms with E-state index in [4.69, 9.17) is 15.0 Å². The molecule has 20 heavy (non-hydrogen) atoms. The van der Waals surface area contributed by atoms with E-state index in [1.165, 1.54) is 5.56 Å². The third-order valence-corrected chi connectivity index (χ3v) is 3.96. The number of rotatable bonds is 5. The third kappa shape index (κ3) is 2.29. The van der Waals surface area contributed by atoms with Gasteiger partial charge in [0.25, 0.3) is 0 Å². The fourth-order valence-corrected chi connectivity index (χ4v) is 2.42. The summed E-state index contributed by atoms with van der Waals surface area (Å²) in [5.74, 6) is 1.41. The van der Waals surface area contributed by atoms with Crippen molar-refractivity contribution in [2.45, 2.75) is 37.7 Å². The van der Waals surface area contributed by atoms with Crippen LogP contribution in [0.25, 0.3) is 0 Å². The molecule has 0 aliphatic heterocycles. The quantitative estimate of drug-likeness (QED) is 0.846. The molecule has 3 rings (SSSR count). The summed E-state index contributed by atoms with van der Waals surface area (Å²) in [5.41, 5.74) is 7.60. The number of aromatic nitrogens is 2. The Balaban J connectivity index is 1.83. The molecule has 0 radical (unpaired) electrons. The highest BCUT2D eigenvalue weighted by Gasteiger charge is 2.50. The number of methoxy groups -OCH3 is 1. The fraction of sp³-hybridized carbons (Fsp3) is 0.467. The van der Waals surface area contributed by atoms with Crippen LogP contribution in [0.15, 0.2) is 28.8 Å². The Kier molecular flexibility index (Phi) is 3.22. The van der Waals surface area contributed by atoms with Crippen LogP contribution < -0.4 is 5.73 Å². The lowest BCUT2D eigenvalue weighted by Crippen LogP contribution is -2.11. The SMILES string of the molecule is COC(C)Cc1noc(C2(c3ccc(N)cc3)CC2)n1. The summed E-state index contributed by atoms with van der Waals surface area (Å²) in [4.78, 5) is 4.54. The van der Waals surface area contributed by atoms with Gasteiger partial charge in [0.05, 0.1) is 11.5 Å². The van der Waals surface area contributed by atoms with Crippen LogP contribution in [0.2, 0.25) is 0 Å². The number of nitrogens with zero attached hydrogens (tertiary/aromatic N) is 2. The van der Waals surface area contributed by atoms with Gasteiger partial charge in [-0.2, -0.15) is 4.98 Å². The number of anilines is 1. The average molecular weight is 273 g/mol. The minimum Gasteiger partial charge on any atom is -0.399 e. The van der Waals surface area contributed by atoms with Gasteiger partial charge in [-0.15, -0.1) is 0 Å². The Hall–Kier alpha value is -1.88. The molecule has 1 heterocycles. The summed E-state index contributed by atoms with van der Waals surface area (Å²) in [5, 5.41) is 4.06. The van der Waals surface area contributed by atoms with Gasteiger partial charge in [0.1, 0.15) is 0 Å². The molecule has 106 valence electrons. The number of hydrogen-bond acceptors (Lipinski definition) is 5. The summed E-state index contributed by atoms with van der Waals surface area (Å²) >= 11 is 0. The van der Waals surface area contributed by atoms with E-state index in [0.29, 0.717) is 18.1 Å². The van der Waals surface area contributed by atoms with Crippen molar-refractivity contribution < 1.29 is 9.26 Å². The third-order valence-electron chi connectivity index (χ3n) is 3.96. The minimum absolute atomic E-state index is 0.0899. The van der Waals surface area contributed by atoms with E-state index in [9.17, 15) is 0 Å². The fourth-order valence-electron chi connectivity index (χ4n) is 2.42. The van der Waals surface area contributed by atoms with Crippen LogP contribution in [0.1, 0.15) is 37.0 Å². The molecule has 0 bridgehead atoms. The van der Waals surface area contributed by atoms with Crippen molar-refractivity contribution in [3.8, 4) is 0 Å². The maximum atomic E-state index is 5.74. The molecule has 2 N–H and O–H groups in total. The number of hydrogen-bond donors (Lipinski definition) is 1. The van der Waals surface area contributed by atoms with Crippen molar-refractivity contribution in [1.82, 2.24) is 10.1 Å². The van der Waals surface area contributed by atoms with E-state index in [1.807, 2.05) is 31.2 Å². The summed E-state index contributed by atoms with van der Waals surface area (Å²) in [6.45, 7) is 1.99. The Morgan fingerprint density at radius 3 is 2.65 bits per heavy atom. The molecular formula is C15H19N3O2. The molecule has 1 saturated carbocycles. The van der Waals surface area contributed by atoms with Crippen LogP contribution in [-0.2, 0) is 16.6 Å². The molecule has 1 aromatic heterocycles. The lowest BCUT2D eigenvalue weighted by molar-refractivity contribution is 0.116. The Bertz CT molecular complexity index is 587. The Morgan fingerprint density at radius 1 is 1.35 bits per heavy atom. The molecule has 1 aromatic carbocycles. The maximum absolute atomic E-state index is 5.74. The highest BCUT2D eigenvalue weighted by molar-refractivity contribution is 5.45. The van der Waals surface area contributed by atoms with E-state index in [0.717, 1.165) is 18.5 Å². The molecule has 0 amide bonds. The van der Waals surface area contributed by atoms with Gasteiger partial charge in [-0.3, -0.25) is 0 Å². The van der Waals surface area contributed by atoms with E-state index >= 15 is 0 Å². The first kappa shape index (κ1) is 13.1. The first-order valence-corrected chi connectivity index (χ1v) is 6.86. The highest BCUT2D eigenvalue weighted by atomic mass is 16.5. The second-order valence-electron chi connectivity index (χ2n) is 5.47. The van der Waals surface area contributed by atoms with Gasteiger partial charge in [0.2, 0.25) is 5.89 Å². The summed E-state index contributed by atoms with van der Waals surface area (Å²) in [6, 6.07) is 7.92.